The van der Waals surface area contributed by atoms with Crippen LogP contribution in [0, 0.1) is 11.3 Å². The summed E-state index contributed by atoms with van der Waals surface area (Å²) in [5.74, 6) is 2.02. The van der Waals surface area contributed by atoms with Crippen LogP contribution in [0.5, 0.6) is 23.0 Å². The Bertz CT molecular complexity index is 819. The van der Waals surface area contributed by atoms with Gasteiger partial charge in [0.1, 0.15) is 5.75 Å². The van der Waals surface area contributed by atoms with Crippen molar-refractivity contribution in [1.82, 2.24) is 0 Å². The number of nitrogens with zero attached hydrogens (tertiary/aromatic N) is 1. The Labute approximate surface area is 159 Å². The number of hydrogen-bond acceptors (Lipinski definition) is 6. The molecule has 0 unspecified atom stereocenters. The number of anilines is 1. The van der Waals surface area contributed by atoms with E-state index in [1.165, 1.54) is 21.3 Å². The molecule has 0 amide bonds. The van der Waals surface area contributed by atoms with Crippen molar-refractivity contribution in [2.45, 2.75) is 0 Å². The molecule has 0 fully saturated rings. The van der Waals surface area contributed by atoms with Crippen LogP contribution in [-0.4, -0.2) is 28.4 Å². The highest BCUT2D eigenvalue weighted by Gasteiger charge is 2.15. The van der Waals surface area contributed by atoms with E-state index in [-0.39, 0.29) is 12.4 Å². The predicted molar refractivity (Wildman–Crippen MR) is 104 cm³/mol. The quantitative estimate of drug-likeness (QED) is 0.469. The van der Waals surface area contributed by atoms with Crippen LogP contribution in [0.2, 0.25) is 0 Å². The number of benzene rings is 2. The fraction of sp³-hybridized carbons (Fsp3) is 0.211. The van der Waals surface area contributed by atoms with Gasteiger partial charge in [-0.25, -0.2) is 0 Å². The fourth-order valence-electron chi connectivity index (χ4n) is 2.43. The first-order chi connectivity index (χ1) is 12.1. The van der Waals surface area contributed by atoms with Crippen LogP contribution in [0.25, 0.3) is 11.6 Å². The minimum absolute atomic E-state index is 0. The maximum Gasteiger partial charge on any atom is 0.203 e. The number of rotatable bonds is 6. The highest BCUT2D eigenvalue weighted by atomic mass is 35.5. The third kappa shape index (κ3) is 4.32. The zero-order valence-corrected chi connectivity index (χ0v) is 15.8. The number of nitriles is 1. The average Bonchev–Trinajstić information content (AvgIpc) is 2.64. The second-order valence-corrected chi connectivity index (χ2v) is 5.09. The summed E-state index contributed by atoms with van der Waals surface area (Å²) in [4.78, 5) is 0. The lowest BCUT2D eigenvalue weighted by atomic mass is 10.0. The Hall–Kier alpha value is -3.04. The first kappa shape index (κ1) is 21.0. The van der Waals surface area contributed by atoms with Crippen LogP contribution in [0.15, 0.2) is 30.3 Å². The van der Waals surface area contributed by atoms with Gasteiger partial charge >= 0.3 is 0 Å². The maximum absolute atomic E-state index is 9.58. The Morgan fingerprint density at radius 3 is 1.92 bits per heavy atom. The topological polar surface area (TPSA) is 86.7 Å². The second kappa shape index (κ2) is 9.44. The largest absolute Gasteiger partial charge is 0.495 e. The first-order valence-electron chi connectivity index (χ1n) is 7.43. The van der Waals surface area contributed by atoms with Gasteiger partial charge in [0.15, 0.2) is 11.5 Å². The molecule has 0 saturated carbocycles. The molecule has 2 aromatic carbocycles. The van der Waals surface area contributed by atoms with Crippen molar-refractivity contribution in [1.29, 1.82) is 5.26 Å². The second-order valence-electron chi connectivity index (χ2n) is 5.09. The van der Waals surface area contributed by atoms with E-state index in [1.54, 1.807) is 37.5 Å². The molecule has 2 rings (SSSR count). The number of hydrogen-bond donors (Lipinski definition) is 1. The van der Waals surface area contributed by atoms with Gasteiger partial charge < -0.3 is 24.7 Å². The van der Waals surface area contributed by atoms with Crippen LogP contribution in [0.3, 0.4) is 0 Å². The summed E-state index contributed by atoms with van der Waals surface area (Å²) in [6, 6.07) is 11.0. The van der Waals surface area contributed by atoms with Crippen LogP contribution in [0.1, 0.15) is 11.1 Å². The monoisotopic (exact) mass is 376 g/mol. The van der Waals surface area contributed by atoms with E-state index in [9.17, 15) is 5.26 Å². The summed E-state index contributed by atoms with van der Waals surface area (Å²) >= 11 is 0. The molecule has 0 atom stereocenters. The molecule has 0 spiro atoms. The van der Waals surface area contributed by atoms with E-state index in [0.29, 0.717) is 39.8 Å². The molecular weight excluding hydrogens is 356 g/mol. The van der Waals surface area contributed by atoms with Gasteiger partial charge in [0.2, 0.25) is 5.75 Å². The Morgan fingerprint density at radius 2 is 1.50 bits per heavy atom. The summed E-state index contributed by atoms with van der Waals surface area (Å²) in [5.41, 5.74) is 8.28. The number of methoxy groups -OCH3 is 4. The SMILES string of the molecule is COc1ccc(/C=C(/C#N)c2cc(OC)c(OC)c(OC)c2)cc1N.Cl. The van der Waals surface area contributed by atoms with Crippen LogP contribution < -0.4 is 24.7 Å². The summed E-state index contributed by atoms with van der Waals surface area (Å²) in [7, 11) is 6.14. The van der Waals surface area contributed by atoms with E-state index in [2.05, 4.69) is 6.07 Å². The van der Waals surface area contributed by atoms with Gasteiger partial charge in [-0.2, -0.15) is 5.26 Å². The zero-order chi connectivity index (χ0) is 18.4. The standard InChI is InChI=1S/C19H20N2O4.ClH/c1-22-16-6-5-12(8-15(16)21)7-14(11-20)13-9-17(23-2)19(25-4)18(10-13)24-3;/h5-10H,21H2,1-4H3;1H/b14-7-;. The molecule has 0 saturated heterocycles. The fourth-order valence-corrected chi connectivity index (χ4v) is 2.43. The number of nitrogen functional groups attached to an aromatic ring is 1. The molecule has 0 bridgehead atoms. The van der Waals surface area contributed by atoms with E-state index >= 15 is 0 Å². The zero-order valence-electron chi connectivity index (χ0n) is 15.0. The molecular formula is C19H21ClN2O4. The molecule has 0 aromatic heterocycles. The van der Waals surface area contributed by atoms with Crippen molar-refractivity contribution < 1.29 is 18.9 Å². The lowest BCUT2D eigenvalue weighted by Crippen LogP contribution is -1.97. The predicted octanol–water partition coefficient (Wildman–Crippen LogP) is 3.79. The van der Waals surface area contributed by atoms with Gasteiger partial charge in [-0.15, -0.1) is 12.4 Å². The van der Waals surface area contributed by atoms with Gasteiger partial charge in [0.25, 0.3) is 0 Å². The van der Waals surface area contributed by atoms with Gasteiger partial charge in [-0.1, -0.05) is 6.07 Å². The van der Waals surface area contributed by atoms with E-state index in [4.69, 9.17) is 24.7 Å². The maximum atomic E-state index is 9.58. The Balaban J connectivity index is 0.00000338. The van der Waals surface area contributed by atoms with Gasteiger partial charge in [-0.05, 0) is 41.5 Å². The van der Waals surface area contributed by atoms with Crippen molar-refractivity contribution >= 4 is 29.7 Å². The minimum Gasteiger partial charge on any atom is -0.495 e. The smallest absolute Gasteiger partial charge is 0.203 e. The highest BCUT2D eigenvalue weighted by molar-refractivity contribution is 5.91. The third-order valence-electron chi connectivity index (χ3n) is 3.66. The Morgan fingerprint density at radius 1 is 0.923 bits per heavy atom. The number of ether oxygens (including phenoxy) is 4. The van der Waals surface area contributed by atoms with Gasteiger partial charge in [-0.3, -0.25) is 0 Å². The van der Waals surface area contributed by atoms with Gasteiger partial charge in [0, 0.05) is 0 Å². The van der Waals surface area contributed by atoms with Crippen molar-refractivity contribution in [3.63, 3.8) is 0 Å². The molecule has 2 aromatic rings. The van der Waals surface area contributed by atoms with E-state index in [0.717, 1.165) is 5.56 Å². The van der Waals surface area contributed by atoms with Crippen molar-refractivity contribution in [2.75, 3.05) is 34.2 Å². The van der Waals surface area contributed by atoms with Crippen LogP contribution >= 0.6 is 12.4 Å². The number of nitrogens with two attached hydrogens (primary N) is 1. The summed E-state index contributed by atoms with van der Waals surface area (Å²) in [6.07, 6.45) is 1.73. The molecule has 138 valence electrons. The molecule has 0 aliphatic carbocycles. The molecule has 7 heteroatoms. The van der Waals surface area contributed by atoms with E-state index < -0.39 is 0 Å². The van der Waals surface area contributed by atoms with Crippen LogP contribution in [0.4, 0.5) is 5.69 Å². The van der Waals surface area contributed by atoms with Crippen molar-refractivity contribution in [3.05, 3.63) is 41.5 Å². The lowest BCUT2D eigenvalue weighted by molar-refractivity contribution is 0.324. The van der Waals surface area contributed by atoms with Crippen LogP contribution in [-0.2, 0) is 0 Å². The third-order valence-corrected chi connectivity index (χ3v) is 3.66. The molecule has 0 radical (unpaired) electrons. The minimum atomic E-state index is 0. The van der Waals surface area contributed by atoms with Gasteiger partial charge in [0.05, 0.1) is 45.8 Å². The molecule has 6 nitrogen and oxygen atoms in total. The lowest BCUT2D eigenvalue weighted by Gasteiger charge is -2.14. The molecule has 0 heterocycles. The molecule has 2 N–H and O–H groups in total. The molecule has 0 aliphatic rings. The van der Waals surface area contributed by atoms with Crippen molar-refractivity contribution in [2.24, 2.45) is 0 Å². The highest BCUT2D eigenvalue weighted by Crippen LogP contribution is 2.40. The molecule has 26 heavy (non-hydrogen) atoms. The number of allylic oxidation sites excluding steroid dienone is 1. The average molecular weight is 377 g/mol. The normalized spacial score (nSPS) is 10.3. The summed E-state index contributed by atoms with van der Waals surface area (Å²) < 4.78 is 21.1. The first-order valence-corrected chi connectivity index (χ1v) is 7.43. The Kier molecular flexibility index (Phi) is 7.63. The molecule has 0 aliphatic heterocycles. The number of halogens is 1. The van der Waals surface area contributed by atoms with Crippen molar-refractivity contribution in [3.8, 4) is 29.1 Å². The van der Waals surface area contributed by atoms with E-state index in [1.807, 2.05) is 6.07 Å². The summed E-state index contributed by atoms with van der Waals surface area (Å²) in [5, 5.41) is 9.58. The summed E-state index contributed by atoms with van der Waals surface area (Å²) in [6.45, 7) is 0.